The van der Waals surface area contributed by atoms with Crippen LogP contribution in [0.15, 0.2) is 6.07 Å². The van der Waals surface area contributed by atoms with Crippen LogP contribution in [0.4, 0.5) is 0 Å². The first-order valence-corrected chi connectivity index (χ1v) is 14.8. The molecule has 0 radical (unpaired) electrons. The standard InChI is InChI=1S/C33H46OSi/c1-17-16-18(2)20(4)31(19(17)3)35(34-15,32-27(11)23(7)21(5)24(8)28(32)12)33-29(13)25(9)22(6)26(10)30(33)14/h16H,1-15H3. The molecule has 0 aliphatic rings. The van der Waals surface area contributed by atoms with E-state index in [1.165, 1.54) is 93.4 Å². The van der Waals surface area contributed by atoms with Crippen LogP contribution in [-0.4, -0.2) is 15.4 Å². The molecule has 2 heteroatoms. The summed E-state index contributed by atoms with van der Waals surface area (Å²) in [6.45, 7) is 32.2. The Hall–Kier alpha value is -2.16. The maximum Gasteiger partial charge on any atom is 0.289 e. The Kier molecular flexibility index (Phi) is 7.34. The summed E-state index contributed by atoms with van der Waals surface area (Å²) in [4.78, 5) is 0. The normalized spacial score (nSPS) is 12.0. The topological polar surface area (TPSA) is 9.23 Å². The van der Waals surface area contributed by atoms with Gasteiger partial charge in [-0.1, -0.05) is 6.07 Å². The molecular formula is C33H46OSi. The fraction of sp³-hybridized carbons (Fsp3) is 0.455. The van der Waals surface area contributed by atoms with E-state index in [9.17, 15) is 0 Å². The van der Waals surface area contributed by atoms with E-state index in [1.54, 1.807) is 0 Å². The third-order valence-corrected chi connectivity index (χ3v) is 14.7. The third-order valence-electron chi connectivity index (χ3n) is 9.73. The van der Waals surface area contributed by atoms with Crippen LogP contribution in [0.2, 0.25) is 0 Å². The molecule has 3 aromatic rings. The summed E-state index contributed by atoms with van der Waals surface area (Å²) in [5.41, 5.74) is 19.4. The largest absolute Gasteiger partial charge is 0.408 e. The number of benzene rings is 3. The second-order valence-corrected chi connectivity index (χ2v) is 14.3. The SMILES string of the molecule is CO[Si](c1c(C)c(C)cc(C)c1C)(c1c(C)c(C)c(C)c(C)c1C)c1c(C)c(C)c(C)c(C)c1C. The Bertz CT molecular complexity index is 1200. The molecule has 0 atom stereocenters. The van der Waals surface area contributed by atoms with E-state index >= 15 is 0 Å². The van der Waals surface area contributed by atoms with Gasteiger partial charge in [-0.2, -0.15) is 0 Å². The Balaban J connectivity index is 2.82. The molecule has 3 aromatic carbocycles. The average molecular weight is 487 g/mol. The van der Waals surface area contributed by atoms with Gasteiger partial charge in [-0.15, -0.1) is 0 Å². The Labute approximate surface area is 216 Å². The highest BCUT2D eigenvalue weighted by Crippen LogP contribution is 2.29. The smallest absolute Gasteiger partial charge is 0.289 e. The van der Waals surface area contributed by atoms with Gasteiger partial charge in [0.25, 0.3) is 8.32 Å². The number of hydrogen-bond acceptors (Lipinski definition) is 1. The van der Waals surface area contributed by atoms with Gasteiger partial charge < -0.3 is 4.43 Å². The number of aryl methyl sites for hydroxylation is 2. The van der Waals surface area contributed by atoms with Gasteiger partial charge in [0, 0.05) is 7.11 Å². The summed E-state index contributed by atoms with van der Waals surface area (Å²) in [6, 6.07) is 2.35. The van der Waals surface area contributed by atoms with E-state index in [1.807, 2.05) is 7.11 Å². The number of rotatable bonds is 4. The lowest BCUT2D eigenvalue weighted by Gasteiger charge is -2.41. The molecule has 0 bridgehead atoms. The second kappa shape index (κ2) is 9.37. The van der Waals surface area contributed by atoms with E-state index in [-0.39, 0.29) is 0 Å². The quantitative estimate of drug-likeness (QED) is 0.297. The van der Waals surface area contributed by atoms with Gasteiger partial charge in [0.1, 0.15) is 0 Å². The summed E-state index contributed by atoms with van der Waals surface area (Å²) in [7, 11) is -0.918. The van der Waals surface area contributed by atoms with Crippen molar-refractivity contribution in [1.29, 1.82) is 0 Å². The summed E-state index contributed by atoms with van der Waals surface area (Å²) in [6.07, 6.45) is 0. The van der Waals surface area contributed by atoms with Crippen molar-refractivity contribution >= 4 is 23.9 Å². The van der Waals surface area contributed by atoms with Gasteiger partial charge in [-0.3, -0.25) is 0 Å². The van der Waals surface area contributed by atoms with Crippen molar-refractivity contribution in [2.24, 2.45) is 0 Å². The second-order valence-electron chi connectivity index (χ2n) is 11.0. The molecule has 0 N–H and O–H groups in total. The summed E-state index contributed by atoms with van der Waals surface area (Å²) in [5.74, 6) is 0. The lowest BCUT2D eigenvalue weighted by atomic mass is 9.94. The Morgan fingerprint density at radius 3 is 0.857 bits per heavy atom. The molecule has 0 aliphatic carbocycles. The zero-order valence-electron chi connectivity index (χ0n) is 25.0. The van der Waals surface area contributed by atoms with Crippen LogP contribution >= 0.6 is 0 Å². The van der Waals surface area contributed by atoms with Gasteiger partial charge >= 0.3 is 0 Å². The molecule has 3 rings (SSSR count). The first-order valence-electron chi connectivity index (χ1n) is 12.9. The maximum atomic E-state index is 7.13. The van der Waals surface area contributed by atoms with Crippen molar-refractivity contribution in [2.75, 3.05) is 7.11 Å². The van der Waals surface area contributed by atoms with Crippen LogP contribution in [0.5, 0.6) is 0 Å². The fourth-order valence-corrected chi connectivity index (χ4v) is 12.2. The predicted octanol–water partition coefficient (Wildman–Crippen LogP) is 6.62. The predicted molar refractivity (Wildman–Crippen MR) is 157 cm³/mol. The lowest BCUT2D eigenvalue weighted by molar-refractivity contribution is 0.425. The molecule has 0 saturated carbocycles. The van der Waals surface area contributed by atoms with Crippen LogP contribution in [0.25, 0.3) is 0 Å². The monoisotopic (exact) mass is 486 g/mol. The molecule has 0 fully saturated rings. The van der Waals surface area contributed by atoms with Crippen molar-refractivity contribution in [2.45, 2.75) is 96.9 Å². The Morgan fingerprint density at radius 1 is 0.371 bits per heavy atom. The minimum atomic E-state index is -2.90. The molecule has 0 heterocycles. The minimum Gasteiger partial charge on any atom is -0.408 e. The van der Waals surface area contributed by atoms with E-state index in [4.69, 9.17) is 4.43 Å². The zero-order chi connectivity index (χ0) is 26.7. The lowest BCUT2D eigenvalue weighted by Crippen LogP contribution is -2.73. The van der Waals surface area contributed by atoms with Gasteiger partial charge in [0.15, 0.2) is 0 Å². The van der Waals surface area contributed by atoms with Crippen LogP contribution < -0.4 is 15.6 Å². The first kappa shape index (κ1) is 27.4. The van der Waals surface area contributed by atoms with Crippen LogP contribution in [0.1, 0.15) is 77.9 Å². The van der Waals surface area contributed by atoms with Crippen LogP contribution in [0, 0.1) is 96.9 Å². The molecular weight excluding hydrogens is 440 g/mol. The van der Waals surface area contributed by atoms with E-state index in [0.29, 0.717) is 0 Å². The molecule has 0 unspecified atom stereocenters. The van der Waals surface area contributed by atoms with Gasteiger partial charge in [0.2, 0.25) is 0 Å². The summed E-state index contributed by atoms with van der Waals surface area (Å²) in [5, 5.41) is 4.34. The van der Waals surface area contributed by atoms with E-state index in [0.717, 1.165) is 0 Å². The summed E-state index contributed by atoms with van der Waals surface area (Å²) < 4.78 is 7.13. The third kappa shape index (κ3) is 3.76. The molecule has 0 saturated heterocycles. The molecule has 1 nitrogen and oxygen atoms in total. The van der Waals surface area contributed by atoms with Crippen molar-refractivity contribution in [3.05, 3.63) is 84.0 Å². The minimum absolute atomic E-state index is 1.35. The first-order chi connectivity index (χ1) is 16.2. The highest BCUT2D eigenvalue weighted by Gasteiger charge is 2.48. The van der Waals surface area contributed by atoms with Crippen LogP contribution in [0.3, 0.4) is 0 Å². The molecule has 0 aromatic heterocycles. The highest BCUT2D eigenvalue weighted by molar-refractivity contribution is 7.08. The van der Waals surface area contributed by atoms with Crippen molar-refractivity contribution in [1.82, 2.24) is 0 Å². The number of hydrogen-bond donors (Lipinski definition) is 0. The van der Waals surface area contributed by atoms with Crippen molar-refractivity contribution < 1.29 is 4.43 Å². The van der Waals surface area contributed by atoms with Crippen LogP contribution in [-0.2, 0) is 4.43 Å². The Morgan fingerprint density at radius 2 is 0.600 bits per heavy atom. The molecule has 0 aliphatic heterocycles. The van der Waals surface area contributed by atoms with Gasteiger partial charge in [0.05, 0.1) is 0 Å². The van der Waals surface area contributed by atoms with Gasteiger partial charge in [-0.05, 0) is 190 Å². The zero-order valence-corrected chi connectivity index (χ0v) is 26.0. The summed E-state index contributed by atoms with van der Waals surface area (Å²) >= 11 is 0. The molecule has 0 spiro atoms. The highest BCUT2D eigenvalue weighted by atomic mass is 28.4. The van der Waals surface area contributed by atoms with Gasteiger partial charge in [-0.25, -0.2) is 0 Å². The molecule has 35 heavy (non-hydrogen) atoms. The average Bonchev–Trinajstić information content (AvgIpc) is 2.82. The fourth-order valence-electron chi connectivity index (χ4n) is 6.48. The molecule has 188 valence electrons. The van der Waals surface area contributed by atoms with Crippen molar-refractivity contribution in [3.63, 3.8) is 0 Å². The maximum absolute atomic E-state index is 7.13. The van der Waals surface area contributed by atoms with Crippen molar-refractivity contribution in [3.8, 4) is 0 Å². The molecule has 0 amide bonds. The van der Waals surface area contributed by atoms with E-state index in [2.05, 4.69) is 103 Å². The van der Waals surface area contributed by atoms with E-state index < -0.39 is 8.32 Å².